The van der Waals surface area contributed by atoms with Gasteiger partial charge in [0.15, 0.2) is 0 Å². The van der Waals surface area contributed by atoms with Crippen molar-refractivity contribution in [2.45, 2.75) is 52.1 Å². The minimum Gasteiger partial charge on any atom is -0.340 e. The van der Waals surface area contributed by atoms with E-state index in [1.165, 1.54) is 0 Å². The molecule has 1 atom stereocenters. The van der Waals surface area contributed by atoms with Gasteiger partial charge in [-0.2, -0.15) is 0 Å². The third kappa shape index (κ3) is 2.13. The van der Waals surface area contributed by atoms with Crippen molar-refractivity contribution in [3.8, 4) is 0 Å². The average molecular weight is 212 g/mol. The van der Waals surface area contributed by atoms with Gasteiger partial charge in [-0.05, 0) is 34.1 Å². The molecule has 86 valence electrons. The number of amides is 2. The quantitative estimate of drug-likeness (QED) is 0.702. The molecule has 2 amide bonds. The Labute approximate surface area is 91.0 Å². The predicted molar refractivity (Wildman–Crippen MR) is 58.3 cm³/mol. The maximum atomic E-state index is 12.2. The van der Waals surface area contributed by atoms with Gasteiger partial charge >= 0.3 is 0 Å². The van der Waals surface area contributed by atoms with Crippen LogP contribution >= 0.6 is 0 Å². The topological polar surface area (TPSA) is 49.4 Å². The number of piperazine rings is 1. The molecule has 0 aliphatic carbocycles. The van der Waals surface area contributed by atoms with Crippen LogP contribution in [0.4, 0.5) is 0 Å². The monoisotopic (exact) mass is 212 g/mol. The van der Waals surface area contributed by atoms with Crippen molar-refractivity contribution < 1.29 is 9.59 Å². The fourth-order valence-electron chi connectivity index (χ4n) is 1.70. The van der Waals surface area contributed by atoms with E-state index in [1.807, 2.05) is 27.7 Å². The first kappa shape index (κ1) is 12.0. The minimum absolute atomic E-state index is 0.0112. The van der Waals surface area contributed by atoms with Crippen molar-refractivity contribution >= 4 is 11.8 Å². The summed E-state index contributed by atoms with van der Waals surface area (Å²) in [6.07, 6.45) is 0.615. The maximum Gasteiger partial charge on any atom is 0.248 e. The summed E-state index contributed by atoms with van der Waals surface area (Å²) < 4.78 is 0. The van der Waals surface area contributed by atoms with E-state index in [0.717, 1.165) is 0 Å². The smallest absolute Gasteiger partial charge is 0.248 e. The molecule has 1 N–H and O–H groups in total. The van der Waals surface area contributed by atoms with Gasteiger partial charge in [-0.15, -0.1) is 0 Å². The Bertz CT molecular complexity index is 293. The van der Waals surface area contributed by atoms with Crippen LogP contribution in [-0.4, -0.2) is 34.3 Å². The maximum absolute atomic E-state index is 12.2. The van der Waals surface area contributed by atoms with Crippen LogP contribution in [0, 0.1) is 0 Å². The highest BCUT2D eigenvalue weighted by atomic mass is 16.2. The third-order valence-electron chi connectivity index (χ3n) is 2.95. The molecule has 4 nitrogen and oxygen atoms in total. The zero-order chi connectivity index (χ0) is 11.9. The van der Waals surface area contributed by atoms with Crippen molar-refractivity contribution in [1.82, 2.24) is 10.2 Å². The number of carbonyl (C=O) groups is 2. The highest BCUT2D eigenvalue weighted by molar-refractivity contribution is 5.98. The summed E-state index contributed by atoms with van der Waals surface area (Å²) in [7, 11) is 0. The lowest BCUT2D eigenvalue weighted by molar-refractivity contribution is -0.154. The predicted octanol–water partition coefficient (Wildman–Crippen LogP) is 0.912. The van der Waals surface area contributed by atoms with Crippen LogP contribution < -0.4 is 5.32 Å². The molecule has 0 aromatic heterocycles. The van der Waals surface area contributed by atoms with Crippen molar-refractivity contribution in [2.24, 2.45) is 0 Å². The zero-order valence-electron chi connectivity index (χ0n) is 10.2. The molecule has 0 radical (unpaired) electrons. The summed E-state index contributed by atoms with van der Waals surface area (Å²) >= 11 is 0. The van der Waals surface area contributed by atoms with Crippen LogP contribution in [-0.2, 0) is 9.59 Å². The molecule has 1 fully saturated rings. The zero-order valence-corrected chi connectivity index (χ0v) is 10.2. The number of nitrogens with zero attached hydrogens (tertiary/aromatic N) is 1. The molecule has 1 heterocycles. The van der Waals surface area contributed by atoms with Crippen LogP contribution in [0.15, 0.2) is 0 Å². The fourth-order valence-corrected chi connectivity index (χ4v) is 1.70. The number of nitrogens with one attached hydrogen (secondary N) is 1. The van der Waals surface area contributed by atoms with Gasteiger partial charge in [0.25, 0.3) is 0 Å². The standard InChI is InChI=1S/C11H20N2O2/c1-6-11(5)9(15)13(10(2,3)4)7-8(14)12-11/h6-7H2,1-5H3,(H,12,14). The van der Waals surface area contributed by atoms with E-state index >= 15 is 0 Å². The second-order valence-electron chi connectivity index (χ2n) is 5.30. The number of hydrogen-bond acceptors (Lipinski definition) is 2. The van der Waals surface area contributed by atoms with Crippen molar-refractivity contribution in [3.05, 3.63) is 0 Å². The first-order valence-electron chi connectivity index (χ1n) is 5.34. The van der Waals surface area contributed by atoms with Gasteiger partial charge in [0.2, 0.25) is 11.8 Å². The van der Waals surface area contributed by atoms with E-state index in [1.54, 1.807) is 11.8 Å². The first-order chi connectivity index (χ1) is 6.70. The van der Waals surface area contributed by atoms with E-state index in [0.29, 0.717) is 6.42 Å². The van der Waals surface area contributed by atoms with Crippen LogP contribution in [0.2, 0.25) is 0 Å². The largest absolute Gasteiger partial charge is 0.340 e. The van der Waals surface area contributed by atoms with Crippen LogP contribution in [0.1, 0.15) is 41.0 Å². The van der Waals surface area contributed by atoms with Gasteiger partial charge in [0.05, 0.1) is 0 Å². The third-order valence-corrected chi connectivity index (χ3v) is 2.95. The Kier molecular flexibility index (Phi) is 2.81. The molecule has 4 heteroatoms. The van der Waals surface area contributed by atoms with Gasteiger partial charge in [0, 0.05) is 5.54 Å². The Hall–Kier alpha value is -1.06. The number of rotatable bonds is 1. The average Bonchev–Trinajstić information content (AvgIpc) is 2.09. The lowest BCUT2D eigenvalue weighted by Gasteiger charge is -2.45. The molecule has 15 heavy (non-hydrogen) atoms. The lowest BCUT2D eigenvalue weighted by Crippen LogP contribution is -2.68. The molecule has 0 saturated carbocycles. The number of hydrogen-bond donors (Lipinski definition) is 1. The summed E-state index contributed by atoms with van der Waals surface area (Å²) in [6.45, 7) is 9.69. The summed E-state index contributed by atoms with van der Waals surface area (Å²) in [5.41, 5.74) is -1.03. The summed E-state index contributed by atoms with van der Waals surface area (Å²) in [5.74, 6) is -0.0639. The second-order valence-corrected chi connectivity index (χ2v) is 5.30. The molecular weight excluding hydrogens is 192 g/mol. The van der Waals surface area contributed by atoms with E-state index < -0.39 is 5.54 Å². The lowest BCUT2D eigenvalue weighted by atomic mass is 9.91. The van der Waals surface area contributed by atoms with Crippen LogP contribution in [0.3, 0.4) is 0 Å². The van der Waals surface area contributed by atoms with Gasteiger partial charge in [-0.25, -0.2) is 0 Å². The van der Waals surface area contributed by atoms with Crippen molar-refractivity contribution in [2.75, 3.05) is 6.54 Å². The molecule has 1 unspecified atom stereocenters. The highest BCUT2D eigenvalue weighted by Crippen LogP contribution is 2.24. The van der Waals surface area contributed by atoms with E-state index in [-0.39, 0.29) is 23.9 Å². The molecule has 0 aromatic rings. The van der Waals surface area contributed by atoms with Gasteiger partial charge in [-0.3, -0.25) is 9.59 Å². The fraction of sp³-hybridized carbons (Fsp3) is 0.818. The normalized spacial score (nSPS) is 27.9. The van der Waals surface area contributed by atoms with Gasteiger partial charge in [0.1, 0.15) is 12.1 Å². The number of carbonyl (C=O) groups excluding carboxylic acids is 2. The second kappa shape index (κ2) is 3.51. The molecule has 1 rings (SSSR count). The molecule has 0 spiro atoms. The molecular formula is C11H20N2O2. The summed E-state index contributed by atoms with van der Waals surface area (Å²) in [5, 5.41) is 2.76. The van der Waals surface area contributed by atoms with Crippen LogP contribution in [0.25, 0.3) is 0 Å². The molecule has 1 aliphatic heterocycles. The summed E-state index contributed by atoms with van der Waals surface area (Å²) in [4.78, 5) is 25.4. The molecule has 1 saturated heterocycles. The van der Waals surface area contributed by atoms with Crippen LogP contribution in [0.5, 0.6) is 0 Å². The Morgan fingerprint density at radius 3 is 2.33 bits per heavy atom. The molecule has 1 aliphatic rings. The van der Waals surface area contributed by atoms with Gasteiger partial charge in [-0.1, -0.05) is 6.92 Å². The summed E-state index contributed by atoms with van der Waals surface area (Å²) in [6, 6.07) is 0. The van der Waals surface area contributed by atoms with E-state index in [4.69, 9.17) is 0 Å². The van der Waals surface area contributed by atoms with Crippen molar-refractivity contribution in [1.29, 1.82) is 0 Å². The SMILES string of the molecule is CCC1(C)NC(=O)CN(C(C)(C)C)C1=O. The molecule has 0 aromatic carbocycles. The van der Waals surface area contributed by atoms with E-state index in [2.05, 4.69) is 5.32 Å². The van der Waals surface area contributed by atoms with Gasteiger partial charge < -0.3 is 10.2 Å². The Morgan fingerprint density at radius 1 is 1.40 bits per heavy atom. The first-order valence-corrected chi connectivity index (χ1v) is 5.34. The Balaban J connectivity index is 3.02. The Morgan fingerprint density at radius 2 is 1.93 bits per heavy atom. The minimum atomic E-state index is -0.734. The highest BCUT2D eigenvalue weighted by Gasteiger charge is 2.44. The van der Waals surface area contributed by atoms with E-state index in [9.17, 15) is 9.59 Å². The van der Waals surface area contributed by atoms with Crippen molar-refractivity contribution in [3.63, 3.8) is 0 Å². The molecule has 0 bridgehead atoms.